The summed E-state index contributed by atoms with van der Waals surface area (Å²) in [7, 11) is 0. The first-order valence-electron chi connectivity index (χ1n) is 14.0. The number of H-pyrrole nitrogens is 1. The van der Waals surface area contributed by atoms with Crippen molar-refractivity contribution in [2.24, 2.45) is 0 Å². The molecule has 2 N–H and O–H groups in total. The Morgan fingerprint density at radius 1 is 1.02 bits per heavy atom. The van der Waals surface area contributed by atoms with Gasteiger partial charge in [-0.25, -0.2) is 4.79 Å². The van der Waals surface area contributed by atoms with Gasteiger partial charge in [0.25, 0.3) is 0 Å². The molecular formula is C33H29BrCl2N2O4. The number of aromatic nitrogens is 2. The van der Waals surface area contributed by atoms with Gasteiger partial charge in [0, 0.05) is 31.6 Å². The number of aromatic amines is 1. The summed E-state index contributed by atoms with van der Waals surface area (Å²) >= 11 is 16.3. The zero-order valence-corrected chi connectivity index (χ0v) is 26.1. The van der Waals surface area contributed by atoms with Gasteiger partial charge in [-0.3, -0.25) is 5.10 Å². The van der Waals surface area contributed by atoms with Gasteiger partial charge in [-0.05, 0) is 67.3 Å². The summed E-state index contributed by atoms with van der Waals surface area (Å²) in [6.45, 7) is 2.47. The summed E-state index contributed by atoms with van der Waals surface area (Å²) in [5.41, 5.74) is 5.88. The predicted octanol–water partition coefficient (Wildman–Crippen LogP) is 9.84. The largest absolute Gasteiger partial charge is 0.488 e. The molecule has 3 aromatic carbocycles. The van der Waals surface area contributed by atoms with E-state index in [1.54, 1.807) is 6.07 Å². The number of rotatable bonds is 3. The van der Waals surface area contributed by atoms with Crippen molar-refractivity contribution in [2.75, 3.05) is 0 Å². The summed E-state index contributed by atoms with van der Waals surface area (Å²) in [5.74, 6) is 1.58. The highest BCUT2D eigenvalue weighted by Crippen LogP contribution is 2.55. The molecule has 3 aliphatic rings. The Labute approximate surface area is 262 Å². The lowest BCUT2D eigenvalue weighted by atomic mass is 9.62. The van der Waals surface area contributed by atoms with Gasteiger partial charge in [-0.15, -0.1) is 0 Å². The maximum Gasteiger partial charge on any atom is 0.354 e. The second kappa shape index (κ2) is 11.8. The summed E-state index contributed by atoms with van der Waals surface area (Å²) in [6.07, 6.45) is 7.10. The number of hydrogen-bond donors (Lipinski definition) is 2. The van der Waals surface area contributed by atoms with Crippen molar-refractivity contribution in [3.05, 3.63) is 103 Å². The molecule has 0 saturated heterocycles. The van der Waals surface area contributed by atoms with Gasteiger partial charge in [-0.2, -0.15) is 5.10 Å². The van der Waals surface area contributed by atoms with Crippen LogP contribution >= 0.6 is 39.1 Å². The monoisotopic (exact) mass is 666 g/mol. The number of hydrogen-bond acceptors (Lipinski definition) is 4. The third-order valence-electron chi connectivity index (χ3n) is 8.35. The van der Waals surface area contributed by atoms with E-state index in [9.17, 15) is 4.79 Å². The van der Waals surface area contributed by atoms with Gasteiger partial charge in [0.15, 0.2) is 5.69 Å². The number of carbonyl (C=O) groups is 1. The summed E-state index contributed by atoms with van der Waals surface area (Å²) in [6, 6.07) is 19.6. The Hall–Kier alpha value is -3.26. The van der Waals surface area contributed by atoms with Gasteiger partial charge in [0.05, 0.1) is 10.6 Å². The summed E-state index contributed by atoms with van der Waals surface area (Å²) in [4.78, 5) is 10.9. The number of allylic oxidation sites excluding steroid dienone is 1. The Kier molecular flexibility index (Phi) is 8.09. The number of fused-ring (bicyclic) bond motifs is 5. The lowest BCUT2D eigenvalue weighted by molar-refractivity contribution is 0.0687. The highest BCUT2D eigenvalue weighted by Gasteiger charge is 2.44. The molecule has 0 atom stereocenters. The minimum atomic E-state index is -1.02. The van der Waals surface area contributed by atoms with E-state index in [0.29, 0.717) is 21.3 Å². The first-order chi connectivity index (χ1) is 20.3. The van der Waals surface area contributed by atoms with Crippen LogP contribution in [0.5, 0.6) is 11.5 Å². The molecule has 0 bridgehead atoms. The van der Waals surface area contributed by atoms with E-state index in [1.807, 2.05) is 36.4 Å². The Balaban J connectivity index is 0.000000168. The van der Waals surface area contributed by atoms with Crippen molar-refractivity contribution < 1.29 is 19.4 Å². The molecule has 0 radical (unpaired) electrons. The van der Waals surface area contributed by atoms with E-state index in [2.05, 4.69) is 51.3 Å². The first-order valence-corrected chi connectivity index (χ1v) is 15.6. The van der Waals surface area contributed by atoms with E-state index in [-0.39, 0.29) is 17.7 Å². The molecule has 6 nitrogen and oxygen atoms in total. The number of para-hydroxylation sites is 1. The van der Waals surface area contributed by atoms with E-state index >= 15 is 0 Å². The molecule has 0 amide bonds. The molecular weight excluding hydrogens is 639 g/mol. The zero-order valence-electron chi connectivity index (χ0n) is 23.0. The molecule has 7 rings (SSSR count). The Morgan fingerprint density at radius 2 is 1.81 bits per heavy atom. The van der Waals surface area contributed by atoms with Crippen molar-refractivity contribution in [1.29, 1.82) is 0 Å². The fraction of sp³-hybridized carbons (Fsp3) is 0.273. The van der Waals surface area contributed by atoms with Crippen LogP contribution in [0.2, 0.25) is 10.0 Å². The lowest BCUT2D eigenvalue weighted by Gasteiger charge is -2.44. The van der Waals surface area contributed by atoms with Gasteiger partial charge < -0.3 is 14.6 Å². The van der Waals surface area contributed by atoms with Gasteiger partial charge in [0.1, 0.15) is 29.6 Å². The van der Waals surface area contributed by atoms with Crippen LogP contribution in [-0.4, -0.2) is 21.3 Å². The highest BCUT2D eigenvalue weighted by molar-refractivity contribution is 9.10. The topological polar surface area (TPSA) is 84.4 Å². The van der Waals surface area contributed by atoms with Gasteiger partial charge >= 0.3 is 5.97 Å². The van der Waals surface area contributed by atoms with Crippen LogP contribution in [0.3, 0.4) is 0 Å². The molecule has 216 valence electrons. The van der Waals surface area contributed by atoms with Crippen LogP contribution in [-0.2, 0) is 12.0 Å². The van der Waals surface area contributed by atoms with Gasteiger partial charge in [0.2, 0.25) is 0 Å². The number of nitrogens with one attached hydrogen (secondary N) is 1. The number of nitrogens with zero attached hydrogens (tertiary/aromatic N) is 1. The Morgan fingerprint density at radius 3 is 2.55 bits per heavy atom. The molecule has 1 fully saturated rings. The molecule has 1 aliphatic carbocycles. The molecule has 1 saturated carbocycles. The summed E-state index contributed by atoms with van der Waals surface area (Å²) < 4.78 is 13.0. The third kappa shape index (κ3) is 5.12. The zero-order chi connectivity index (χ0) is 29.4. The number of aromatic carboxylic acids is 1. The number of benzene rings is 3. The predicted molar refractivity (Wildman–Crippen MR) is 169 cm³/mol. The standard InChI is InChI=1S/C22H21BrCl2O.C11H8N2O3/c1-2-17-21(16-8-7-15(24)13-19(16)25)26-20-12-14(23)6-9-18(20)22(17)10-4-3-5-11-22;14-11(15)10-7-5-16-8-4-2-1-3-6(8)9(7)12-13-10/h6-9,12-13H,2-5,10-11H2,1H3;1-4H,5H2,(H,12,13)(H,14,15). The molecule has 2 aliphatic heterocycles. The SMILES string of the molecule is CCC1=C(c2ccc(Cl)cc2Cl)Oc2cc(Br)ccc2C12CCCCC2.O=C(O)c1[nH]nc2c1COc1ccccc1-2. The Bertz CT molecular complexity index is 1710. The van der Waals surface area contributed by atoms with Crippen LogP contribution in [0.25, 0.3) is 17.0 Å². The van der Waals surface area contributed by atoms with Crippen molar-refractivity contribution >= 4 is 50.9 Å². The first kappa shape index (κ1) is 28.8. The van der Waals surface area contributed by atoms with Crippen LogP contribution in [0.4, 0.5) is 0 Å². The van der Waals surface area contributed by atoms with Crippen LogP contribution in [0, 0.1) is 0 Å². The molecule has 0 unspecified atom stereocenters. The summed E-state index contributed by atoms with van der Waals surface area (Å²) in [5, 5.41) is 16.8. The number of ether oxygens (including phenoxy) is 2. The normalized spacial score (nSPS) is 16.3. The average molecular weight is 668 g/mol. The van der Waals surface area contributed by atoms with Crippen LogP contribution < -0.4 is 9.47 Å². The van der Waals surface area contributed by atoms with Crippen LogP contribution in [0.15, 0.2) is 70.7 Å². The molecule has 3 heterocycles. The maximum absolute atomic E-state index is 10.9. The minimum absolute atomic E-state index is 0.0551. The highest BCUT2D eigenvalue weighted by atomic mass is 79.9. The minimum Gasteiger partial charge on any atom is -0.488 e. The molecule has 9 heteroatoms. The van der Waals surface area contributed by atoms with E-state index in [0.717, 1.165) is 39.3 Å². The van der Waals surface area contributed by atoms with Crippen molar-refractivity contribution in [1.82, 2.24) is 10.2 Å². The van der Waals surface area contributed by atoms with E-state index < -0.39 is 5.97 Å². The third-order valence-corrected chi connectivity index (χ3v) is 9.40. The maximum atomic E-state index is 10.9. The number of halogens is 3. The quantitative estimate of drug-likeness (QED) is 0.227. The van der Waals surface area contributed by atoms with Crippen molar-refractivity contribution in [2.45, 2.75) is 57.5 Å². The smallest absolute Gasteiger partial charge is 0.354 e. The van der Waals surface area contributed by atoms with Crippen molar-refractivity contribution in [3.8, 4) is 22.8 Å². The van der Waals surface area contributed by atoms with Crippen molar-refractivity contribution in [3.63, 3.8) is 0 Å². The van der Waals surface area contributed by atoms with Crippen LogP contribution in [0.1, 0.15) is 72.6 Å². The lowest BCUT2D eigenvalue weighted by Crippen LogP contribution is -2.35. The molecule has 4 aromatic rings. The second-order valence-corrected chi connectivity index (χ2v) is 12.4. The number of carboxylic acids is 1. The molecule has 1 aromatic heterocycles. The van der Waals surface area contributed by atoms with E-state index in [1.165, 1.54) is 43.2 Å². The number of carboxylic acid groups (broad SMARTS) is 1. The van der Waals surface area contributed by atoms with Gasteiger partial charge in [-0.1, -0.05) is 83.5 Å². The fourth-order valence-corrected chi connectivity index (χ4v) is 7.32. The molecule has 42 heavy (non-hydrogen) atoms. The van der Waals surface area contributed by atoms with E-state index in [4.69, 9.17) is 37.8 Å². The average Bonchev–Trinajstić information content (AvgIpc) is 3.43. The second-order valence-electron chi connectivity index (χ2n) is 10.7. The molecule has 1 spiro atoms. The fourth-order valence-electron chi connectivity index (χ4n) is 6.49.